The van der Waals surface area contributed by atoms with E-state index in [1.54, 1.807) is 0 Å². The van der Waals surface area contributed by atoms with Gasteiger partial charge in [0.05, 0.1) is 12.2 Å². The van der Waals surface area contributed by atoms with E-state index in [1.807, 2.05) is 10.7 Å². The lowest BCUT2D eigenvalue weighted by Crippen LogP contribution is -2.00. The summed E-state index contributed by atoms with van der Waals surface area (Å²) in [6, 6.07) is 12.5. The van der Waals surface area contributed by atoms with Crippen molar-refractivity contribution in [2.75, 3.05) is 0 Å². The summed E-state index contributed by atoms with van der Waals surface area (Å²) in [6.07, 6.45) is 4.28. The number of nitrogens with zero attached hydrogens (tertiary/aromatic N) is 2. The van der Waals surface area contributed by atoms with E-state index in [2.05, 4.69) is 48.6 Å². The molecule has 0 radical (unpaired) electrons. The molecule has 0 spiro atoms. The fourth-order valence-corrected chi connectivity index (χ4v) is 1.65. The highest BCUT2D eigenvalue weighted by atomic mass is 15.3. The summed E-state index contributed by atoms with van der Waals surface area (Å²) in [5.74, 6) is 0. The number of rotatable bonds is 4. The molecule has 0 N–H and O–H groups in total. The third-order valence-electron chi connectivity index (χ3n) is 2.39. The number of benzene rings is 1. The maximum atomic E-state index is 4.51. The molecule has 78 valence electrons. The molecule has 2 aromatic rings. The quantitative estimate of drug-likeness (QED) is 0.742. The molecule has 0 bridgehead atoms. The highest BCUT2D eigenvalue weighted by Gasteiger charge is 1.98. The molecule has 0 atom stereocenters. The summed E-state index contributed by atoms with van der Waals surface area (Å²) in [6.45, 7) is 3.04. The first-order chi connectivity index (χ1) is 7.38. The van der Waals surface area contributed by atoms with Crippen molar-refractivity contribution < 1.29 is 0 Å². The predicted octanol–water partition coefficient (Wildman–Crippen LogP) is 2.88. The minimum absolute atomic E-state index is 0.866. The summed E-state index contributed by atoms with van der Waals surface area (Å²) in [4.78, 5) is 0. The smallest absolute Gasteiger partial charge is 0.0659 e. The van der Waals surface area contributed by atoms with E-state index < -0.39 is 0 Å². The number of aryl methyl sites for hydroxylation is 1. The van der Waals surface area contributed by atoms with Crippen LogP contribution >= 0.6 is 0 Å². The second kappa shape index (κ2) is 4.78. The highest BCUT2D eigenvalue weighted by molar-refractivity contribution is 5.15. The minimum atomic E-state index is 0.866. The Balaban J connectivity index is 2.05. The van der Waals surface area contributed by atoms with Crippen molar-refractivity contribution in [3.8, 4) is 0 Å². The van der Waals surface area contributed by atoms with Crippen LogP contribution in [0.3, 0.4) is 0 Å². The van der Waals surface area contributed by atoms with Gasteiger partial charge in [-0.3, -0.25) is 4.68 Å². The molecule has 0 amide bonds. The summed E-state index contributed by atoms with van der Waals surface area (Å²) < 4.78 is 2.00. The van der Waals surface area contributed by atoms with Gasteiger partial charge in [-0.15, -0.1) is 0 Å². The van der Waals surface area contributed by atoms with Gasteiger partial charge in [-0.05, 0) is 18.1 Å². The van der Waals surface area contributed by atoms with Crippen molar-refractivity contribution in [3.63, 3.8) is 0 Å². The van der Waals surface area contributed by atoms with E-state index >= 15 is 0 Å². The fourth-order valence-electron chi connectivity index (χ4n) is 1.65. The lowest BCUT2D eigenvalue weighted by molar-refractivity contribution is 0.668. The Labute approximate surface area is 90.6 Å². The normalized spacial score (nSPS) is 10.5. The van der Waals surface area contributed by atoms with Gasteiger partial charge in [-0.2, -0.15) is 5.10 Å². The van der Waals surface area contributed by atoms with Crippen molar-refractivity contribution in [3.05, 3.63) is 53.9 Å². The van der Waals surface area contributed by atoms with Gasteiger partial charge in [0.15, 0.2) is 0 Å². The van der Waals surface area contributed by atoms with E-state index in [0.29, 0.717) is 0 Å². The van der Waals surface area contributed by atoms with Crippen LogP contribution in [0, 0.1) is 0 Å². The molecule has 2 heteroatoms. The highest BCUT2D eigenvalue weighted by Crippen LogP contribution is 2.04. The zero-order valence-electron chi connectivity index (χ0n) is 9.06. The van der Waals surface area contributed by atoms with Gasteiger partial charge in [0.25, 0.3) is 0 Å². The van der Waals surface area contributed by atoms with Crippen LogP contribution in [0.15, 0.2) is 42.6 Å². The van der Waals surface area contributed by atoms with E-state index in [0.717, 1.165) is 19.4 Å². The molecule has 0 aliphatic rings. The molecule has 0 saturated carbocycles. The Morgan fingerprint density at radius 1 is 1.13 bits per heavy atom. The first-order valence-electron chi connectivity index (χ1n) is 5.44. The van der Waals surface area contributed by atoms with E-state index in [4.69, 9.17) is 0 Å². The van der Waals surface area contributed by atoms with Crippen LogP contribution < -0.4 is 0 Å². The summed E-state index contributed by atoms with van der Waals surface area (Å²) in [7, 11) is 0. The molecule has 1 aromatic heterocycles. The van der Waals surface area contributed by atoms with Gasteiger partial charge in [0.1, 0.15) is 0 Å². The molecular formula is C13H16N2. The van der Waals surface area contributed by atoms with Crippen molar-refractivity contribution in [2.24, 2.45) is 0 Å². The average molecular weight is 200 g/mol. The fraction of sp³-hybridized carbons (Fsp3) is 0.308. The number of hydrogen-bond acceptors (Lipinski definition) is 1. The maximum absolute atomic E-state index is 4.51. The van der Waals surface area contributed by atoms with Crippen molar-refractivity contribution >= 4 is 0 Å². The van der Waals surface area contributed by atoms with Gasteiger partial charge in [0.2, 0.25) is 0 Å². The molecule has 0 saturated heterocycles. The van der Waals surface area contributed by atoms with Gasteiger partial charge >= 0.3 is 0 Å². The lowest BCUT2D eigenvalue weighted by atomic mass is 10.2. The first-order valence-corrected chi connectivity index (χ1v) is 5.44. The van der Waals surface area contributed by atoms with E-state index in [9.17, 15) is 0 Å². The van der Waals surface area contributed by atoms with Crippen molar-refractivity contribution in [1.29, 1.82) is 0 Å². The van der Waals surface area contributed by atoms with Crippen LogP contribution in [0.2, 0.25) is 0 Å². The molecule has 0 aliphatic carbocycles. The molecular weight excluding hydrogens is 184 g/mol. The second-order valence-corrected chi connectivity index (χ2v) is 3.74. The molecule has 15 heavy (non-hydrogen) atoms. The Morgan fingerprint density at radius 2 is 1.93 bits per heavy atom. The summed E-state index contributed by atoms with van der Waals surface area (Å²) >= 11 is 0. The molecule has 2 rings (SSSR count). The first kappa shape index (κ1) is 9.97. The summed E-state index contributed by atoms with van der Waals surface area (Å²) in [5, 5.41) is 4.51. The van der Waals surface area contributed by atoms with Crippen molar-refractivity contribution in [1.82, 2.24) is 9.78 Å². The topological polar surface area (TPSA) is 17.8 Å². The largest absolute Gasteiger partial charge is 0.268 e. The van der Waals surface area contributed by atoms with Gasteiger partial charge < -0.3 is 0 Å². The molecule has 1 aromatic carbocycles. The van der Waals surface area contributed by atoms with E-state index in [-0.39, 0.29) is 0 Å². The van der Waals surface area contributed by atoms with Crippen LogP contribution in [-0.4, -0.2) is 9.78 Å². The SMILES string of the molecule is CCCc1ccn(Cc2ccccc2)n1. The Kier molecular flexibility index (Phi) is 3.18. The molecule has 1 heterocycles. The van der Waals surface area contributed by atoms with Crippen LogP contribution in [0.1, 0.15) is 24.6 Å². The lowest BCUT2D eigenvalue weighted by Gasteiger charge is -2.00. The van der Waals surface area contributed by atoms with Crippen LogP contribution in [0.4, 0.5) is 0 Å². The van der Waals surface area contributed by atoms with Gasteiger partial charge in [-0.1, -0.05) is 43.7 Å². The van der Waals surface area contributed by atoms with E-state index in [1.165, 1.54) is 11.3 Å². The predicted molar refractivity (Wildman–Crippen MR) is 61.8 cm³/mol. The minimum Gasteiger partial charge on any atom is -0.268 e. The van der Waals surface area contributed by atoms with Gasteiger partial charge in [0, 0.05) is 6.20 Å². The average Bonchev–Trinajstić information content (AvgIpc) is 2.68. The number of hydrogen-bond donors (Lipinski definition) is 0. The van der Waals surface area contributed by atoms with Crippen LogP contribution in [0.25, 0.3) is 0 Å². The summed E-state index contributed by atoms with van der Waals surface area (Å²) in [5.41, 5.74) is 2.48. The zero-order valence-corrected chi connectivity index (χ0v) is 9.06. The molecule has 0 unspecified atom stereocenters. The number of aromatic nitrogens is 2. The van der Waals surface area contributed by atoms with Crippen LogP contribution in [-0.2, 0) is 13.0 Å². The Hall–Kier alpha value is -1.57. The monoisotopic (exact) mass is 200 g/mol. The molecule has 0 fully saturated rings. The molecule has 0 aliphatic heterocycles. The van der Waals surface area contributed by atoms with Crippen molar-refractivity contribution in [2.45, 2.75) is 26.3 Å². The third-order valence-corrected chi connectivity index (χ3v) is 2.39. The van der Waals surface area contributed by atoms with Gasteiger partial charge in [-0.25, -0.2) is 0 Å². The second-order valence-electron chi connectivity index (χ2n) is 3.74. The molecule has 2 nitrogen and oxygen atoms in total. The third kappa shape index (κ3) is 2.69. The van der Waals surface area contributed by atoms with Crippen LogP contribution in [0.5, 0.6) is 0 Å². The maximum Gasteiger partial charge on any atom is 0.0659 e. The Bertz CT molecular complexity index is 403. The zero-order chi connectivity index (χ0) is 10.5. The Morgan fingerprint density at radius 3 is 2.67 bits per heavy atom. The standard InChI is InChI=1S/C13H16N2/c1-2-6-13-9-10-15(14-13)11-12-7-4-3-5-8-12/h3-5,7-10H,2,6,11H2,1H3.